The molecule has 0 radical (unpaired) electrons. The van der Waals surface area contributed by atoms with Crippen LogP contribution < -0.4 is 10.5 Å². The van der Waals surface area contributed by atoms with Gasteiger partial charge in [0.05, 0.1) is 12.8 Å². The summed E-state index contributed by atoms with van der Waals surface area (Å²) in [5.41, 5.74) is 7.02. The first-order chi connectivity index (χ1) is 14.6. The monoisotopic (exact) mass is 405 g/mol. The Balaban J connectivity index is 1.67. The molecular formula is C22H23N5O3. The van der Waals surface area contributed by atoms with E-state index in [1.54, 1.807) is 16.7 Å². The number of nitrogens with zero attached hydrogens (tertiary/aromatic N) is 4. The molecule has 4 rings (SSSR count). The number of benzene rings is 2. The zero-order valence-corrected chi connectivity index (χ0v) is 16.7. The number of rotatable bonds is 5. The predicted octanol–water partition coefficient (Wildman–Crippen LogP) is 2.28. The molecule has 2 aromatic carbocycles. The summed E-state index contributed by atoms with van der Waals surface area (Å²) >= 11 is 0. The molecule has 1 fully saturated rings. The second-order valence-corrected chi connectivity index (χ2v) is 7.20. The first kappa shape index (κ1) is 19.6. The van der Waals surface area contributed by atoms with E-state index in [0.29, 0.717) is 31.8 Å². The number of piperidine rings is 1. The fourth-order valence-corrected chi connectivity index (χ4v) is 3.59. The molecular weight excluding hydrogens is 382 g/mol. The van der Waals surface area contributed by atoms with Gasteiger partial charge in [-0.05, 0) is 37.1 Å². The first-order valence-electron chi connectivity index (χ1n) is 9.82. The van der Waals surface area contributed by atoms with Gasteiger partial charge in [-0.1, -0.05) is 30.3 Å². The topological polar surface area (TPSA) is 103 Å². The maximum absolute atomic E-state index is 13.1. The summed E-state index contributed by atoms with van der Waals surface area (Å²) in [4.78, 5) is 30.7. The van der Waals surface area contributed by atoms with Gasteiger partial charge in [0.15, 0.2) is 5.82 Å². The number of primary amides is 1. The van der Waals surface area contributed by atoms with E-state index in [1.807, 2.05) is 54.6 Å². The number of hydrogen-bond acceptors (Lipinski definition) is 5. The second kappa shape index (κ2) is 8.36. The van der Waals surface area contributed by atoms with E-state index in [2.05, 4.69) is 10.1 Å². The van der Waals surface area contributed by atoms with Gasteiger partial charge in [-0.3, -0.25) is 9.59 Å². The summed E-state index contributed by atoms with van der Waals surface area (Å²) in [5, 5.41) is 4.52. The molecule has 8 nitrogen and oxygen atoms in total. The molecule has 1 saturated heterocycles. The lowest BCUT2D eigenvalue weighted by molar-refractivity contribution is -0.123. The molecule has 3 aromatic rings. The van der Waals surface area contributed by atoms with E-state index in [9.17, 15) is 9.59 Å². The molecule has 154 valence electrons. The van der Waals surface area contributed by atoms with Crippen molar-refractivity contribution in [3.8, 4) is 22.8 Å². The highest BCUT2D eigenvalue weighted by atomic mass is 16.5. The largest absolute Gasteiger partial charge is 0.497 e. The van der Waals surface area contributed by atoms with Crippen LogP contribution in [0.15, 0.2) is 54.6 Å². The molecule has 0 atom stereocenters. The standard InChI is InChI=1S/C22H23N5O3/c1-30-18-9-7-17(8-10-18)27-21(16-5-3-2-4-6-16)24-20(25-27)22(29)26-13-11-15(12-14-26)19(23)28/h2-10,15H,11-14H2,1H3,(H2,23,28). The van der Waals surface area contributed by atoms with Crippen molar-refractivity contribution < 1.29 is 14.3 Å². The minimum Gasteiger partial charge on any atom is -0.497 e. The minimum atomic E-state index is -0.310. The van der Waals surface area contributed by atoms with E-state index in [0.717, 1.165) is 17.0 Å². The van der Waals surface area contributed by atoms with Crippen LogP contribution in [0.3, 0.4) is 0 Å². The van der Waals surface area contributed by atoms with Crippen LogP contribution in [-0.4, -0.2) is 51.7 Å². The number of ether oxygens (including phenoxy) is 1. The van der Waals surface area contributed by atoms with Crippen molar-refractivity contribution in [2.45, 2.75) is 12.8 Å². The molecule has 0 unspecified atom stereocenters. The predicted molar refractivity (Wildman–Crippen MR) is 111 cm³/mol. The third-order valence-corrected chi connectivity index (χ3v) is 5.33. The van der Waals surface area contributed by atoms with Crippen LogP contribution in [0.25, 0.3) is 17.1 Å². The van der Waals surface area contributed by atoms with Crippen molar-refractivity contribution >= 4 is 11.8 Å². The van der Waals surface area contributed by atoms with Crippen LogP contribution >= 0.6 is 0 Å². The highest BCUT2D eigenvalue weighted by Crippen LogP contribution is 2.24. The maximum atomic E-state index is 13.1. The Morgan fingerprint density at radius 3 is 2.30 bits per heavy atom. The van der Waals surface area contributed by atoms with Crippen molar-refractivity contribution in [2.75, 3.05) is 20.2 Å². The number of aromatic nitrogens is 3. The first-order valence-corrected chi connectivity index (χ1v) is 9.82. The zero-order valence-electron chi connectivity index (χ0n) is 16.7. The van der Waals surface area contributed by atoms with Gasteiger partial charge in [0.25, 0.3) is 5.91 Å². The summed E-state index contributed by atoms with van der Waals surface area (Å²) < 4.78 is 6.89. The number of methoxy groups -OCH3 is 1. The van der Waals surface area contributed by atoms with E-state index >= 15 is 0 Å². The lowest BCUT2D eigenvalue weighted by Gasteiger charge is -2.29. The zero-order chi connectivity index (χ0) is 21.1. The number of carbonyl (C=O) groups excluding carboxylic acids is 2. The Hall–Kier alpha value is -3.68. The summed E-state index contributed by atoms with van der Waals surface area (Å²) in [6.07, 6.45) is 1.12. The molecule has 1 aliphatic heterocycles. The SMILES string of the molecule is COc1ccc(-n2nc(C(=O)N3CCC(C(N)=O)CC3)nc2-c2ccccc2)cc1. The summed E-state index contributed by atoms with van der Waals surface area (Å²) in [6.45, 7) is 0.925. The number of likely N-dealkylation sites (tertiary alicyclic amines) is 1. The minimum absolute atomic E-state index is 0.127. The summed E-state index contributed by atoms with van der Waals surface area (Å²) in [5.74, 6) is 0.698. The van der Waals surface area contributed by atoms with E-state index in [-0.39, 0.29) is 23.6 Å². The number of nitrogens with two attached hydrogens (primary N) is 1. The molecule has 0 spiro atoms. The summed E-state index contributed by atoms with van der Waals surface area (Å²) in [6, 6.07) is 17.0. The third-order valence-electron chi connectivity index (χ3n) is 5.33. The average Bonchev–Trinajstić information content (AvgIpc) is 3.25. The second-order valence-electron chi connectivity index (χ2n) is 7.20. The van der Waals surface area contributed by atoms with Gasteiger partial charge in [0, 0.05) is 24.6 Å². The Labute approximate surface area is 174 Å². The molecule has 8 heteroatoms. The number of hydrogen-bond donors (Lipinski definition) is 1. The van der Waals surface area contributed by atoms with Gasteiger partial charge in [-0.25, -0.2) is 9.67 Å². The molecule has 2 N–H and O–H groups in total. The van der Waals surface area contributed by atoms with Crippen LogP contribution in [0.4, 0.5) is 0 Å². The van der Waals surface area contributed by atoms with E-state index in [4.69, 9.17) is 10.5 Å². The van der Waals surface area contributed by atoms with Crippen LogP contribution in [0, 0.1) is 5.92 Å². The smallest absolute Gasteiger partial charge is 0.293 e. The molecule has 30 heavy (non-hydrogen) atoms. The van der Waals surface area contributed by atoms with Gasteiger partial charge in [-0.15, -0.1) is 5.10 Å². The van der Waals surface area contributed by atoms with Crippen LogP contribution in [-0.2, 0) is 4.79 Å². The van der Waals surface area contributed by atoms with Crippen molar-refractivity contribution in [3.63, 3.8) is 0 Å². The fraction of sp³-hybridized carbons (Fsp3) is 0.273. The Morgan fingerprint density at radius 2 is 1.70 bits per heavy atom. The van der Waals surface area contributed by atoms with Crippen molar-refractivity contribution in [2.24, 2.45) is 11.7 Å². The quantitative estimate of drug-likeness (QED) is 0.701. The molecule has 1 aliphatic rings. The van der Waals surface area contributed by atoms with Gasteiger partial charge >= 0.3 is 0 Å². The number of amides is 2. The van der Waals surface area contributed by atoms with Gasteiger partial charge in [0.2, 0.25) is 11.7 Å². The number of carbonyl (C=O) groups is 2. The highest BCUT2D eigenvalue weighted by Gasteiger charge is 2.29. The molecule has 0 saturated carbocycles. The van der Waals surface area contributed by atoms with Crippen LogP contribution in [0.5, 0.6) is 5.75 Å². The highest BCUT2D eigenvalue weighted by molar-refractivity contribution is 5.91. The lowest BCUT2D eigenvalue weighted by Crippen LogP contribution is -2.42. The van der Waals surface area contributed by atoms with E-state index < -0.39 is 0 Å². The van der Waals surface area contributed by atoms with Crippen molar-refractivity contribution in [3.05, 3.63) is 60.4 Å². The molecule has 2 amide bonds. The Kier molecular flexibility index (Phi) is 5.47. The molecule has 0 bridgehead atoms. The van der Waals surface area contributed by atoms with Gasteiger partial charge in [-0.2, -0.15) is 0 Å². The lowest BCUT2D eigenvalue weighted by atomic mass is 9.96. The van der Waals surface area contributed by atoms with Crippen molar-refractivity contribution in [1.29, 1.82) is 0 Å². The van der Waals surface area contributed by atoms with Crippen molar-refractivity contribution in [1.82, 2.24) is 19.7 Å². The van der Waals surface area contributed by atoms with Crippen LogP contribution in [0.2, 0.25) is 0 Å². The molecule has 2 heterocycles. The normalized spacial score (nSPS) is 14.5. The fourth-order valence-electron chi connectivity index (χ4n) is 3.59. The molecule has 1 aromatic heterocycles. The van der Waals surface area contributed by atoms with E-state index in [1.165, 1.54) is 0 Å². The Morgan fingerprint density at radius 1 is 1.03 bits per heavy atom. The van der Waals surface area contributed by atoms with Crippen LogP contribution in [0.1, 0.15) is 23.5 Å². The van der Waals surface area contributed by atoms with Gasteiger partial charge in [0.1, 0.15) is 5.75 Å². The Bertz CT molecular complexity index is 1040. The average molecular weight is 405 g/mol. The molecule has 0 aliphatic carbocycles. The maximum Gasteiger partial charge on any atom is 0.293 e. The van der Waals surface area contributed by atoms with Gasteiger partial charge < -0.3 is 15.4 Å². The third kappa shape index (κ3) is 3.89. The summed E-state index contributed by atoms with van der Waals surface area (Å²) in [7, 11) is 1.61.